The Labute approximate surface area is 738 Å². The molecule has 7 aliphatic rings. The summed E-state index contributed by atoms with van der Waals surface area (Å²) in [5, 5.41) is 91.1. The van der Waals surface area contributed by atoms with Crippen molar-refractivity contribution >= 4 is 92.4 Å². The number of nitrogens with one attached hydrogen (secondary N) is 2. The van der Waals surface area contributed by atoms with Gasteiger partial charge in [-0.3, -0.25) is 38.4 Å². The SMILES string of the molecule is C#CCC(N)C(=O)O.C#CCC(NC(=O)c1ccc(-c2c3ccc(=O)cc-3oc3cc(O)ccc23)c(C(=O)O)c1)C(=O)O.O=C(ON1C(=O)CCC1=O)c1ccc(-c2c3ccc(=O)cc-3oc3cc(O)ccc23)c(C(=O)O)c1.[N-]=[N+]=NCC(Cc1ccccc1)NC(=O)c1ccc(-c2c3ccc(=O)cc-3oc3cc(O)ccc23)c(C(=O)O)c1.[N-]=[N+]=NCC(N)Cc1ccccc1. The molecule has 0 aromatic heterocycles. The van der Waals surface area contributed by atoms with Crippen molar-refractivity contribution in [3.8, 4) is 109 Å². The molecule has 131 heavy (non-hydrogen) atoms. The third kappa shape index (κ3) is 23.0. The molecular weight excluding hydrogens is 1700 g/mol. The van der Waals surface area contributed by atoms with E-state index in [-0.39, 0.29) is 150 Å². The van der Waals surface area contributed by atoms with Crippen LogP contribution in [0.1, 0.15) is 99.0 Å². The number of aromatic hydroxyl groups is 3. The minimum absolute atomic E-state index is 0.0149. The number of carboxylic acids is 5. The fourth-order valence-electron chi connectivity index (χ4n) is 13.8. The summed E-state index contributed by atoms with van der Waals surface area (Å²) in [6.45, 7) is 0.368. The van der Waals surface area contributed by atoms with Crippen LogP contribution in [-0.4, -0.2) is 143 Å². The summed E-state index contributed by atoms with van der Waals surface area (Å²) in [5.41, 5.74) is 32.0. The summed E-state index contributed by atoms with van der Waals surface area (Å²) in [6.07, 6.45) is 10.8. The first-order valence-electron chi connectivity index (χ1n) is 39.1. The molecule has 4 aliphatic heterocycles. The number of aromatic carboxylic acids is 3. The summed E-state index contributed by atoms with van der Waals surface area (Å²) in [4.78, 5) is 166. The second-order valence-electron chi connectivity index (χ2n) is 28.9. The van der Waals surface area contributed by atoms with Crippen molar-refractivity contribution in [3.05, 3.63) is 321 Å². The van der Waals surface area contributed by atoms with Crippen molar-refractivity contribution in [3.63, 3.8) is 0 Å². The summed E-state index contributed by atoms with van der Waals surface area (Å²) >= 11 is 0. The molecule has 4 amide bonds. The van der Waals surface area contributed by atoms with Gasteiger partial charge in [-0.25, -0.2) is 24.0 Å². The number of phenols is 3. The van der Waals surface area contributed by atoms with Crippen molar-refractivity contribution in [1.29, 1.82) is 0 Å². The van der Waals surface area contributed by atoms with E-state index in [1.54, 1.807) is 24.3 Å². The van der Waals surface area contributed by atoms with Gasteiger partial charge in [-0.1, -0.05) is 89.1 Å². The van der Waals surface area contributed by atoms with Gasteiger partial charge in [0.1, 0.15) is 63.4 Å². The Kier molecular flexibility index (Phi) is 30.3. The van der Waals surface area contributed by atoms with E-state index in [2.05, 4.69) is 42.5 Å². The number of carbonyl (C=O) groups excluding carboxylic acids is 5. The van der Waals surface area contributed by atoms with Crippen LogP contribution in [0.4, 0.5) is 0 Å². The highest BCUT2D eigenvalue weighted by molar-refractivity contribution is 6.13. The number of hydrogen-bond donors (Lipinski definition) is 12. The summed E-state index contributed by atoms with van der Waals surface area (Å²) in [6, 6.07) is 53.8. The van der Waals surface area contributed by atoms with Gasteiger partial charge in [0.25, 0.3) is 23.6 Å². The van der Waals surface area contributed by atoms with E-state index in [0.717, 1.165) is 24.1 Å². The van der Waals surface area contributed by atoms with E-state index in [1.165, 1.54) is 133 Å². The topological polar surface area (TPSA) is 609 Å². The molecule has 4 unspecified atom stereocenters. The van der Waals surface area contributed by atoms with Crippen molar-refractivity contribution in [2.45, 2.75) is 62.7 Å². The van der Waals surface area contributed by atoms with Gasteiger partial charge in [-0.2, -0.15) is 0 Å². The zero-order valence-electron chi connectivity index (χ0n) is 68.3. The van der Waals surface area contributed by atoms with Gasteiger partial charge in [-0.15, -0.1) is 29.8 Å². The first-order chi connectivity index (χ1) is 62.8. The van der Waals surface area contributed by atoms with E-state index < -0.39 is 77.6 Å². The summed E-state index contributed by atoms with van der Waals surface area (Å²) < 4.78 is 17.4. The van der Waals surface area contributed by atoms with E-state index >= 15 is 0 Å². The molecule has 8 aromatic rings. The van der Waals surface area contributed by atoms with Crippen LogP contribution in [0.2, 0.25) is 0 Å². The van der Waals surface area contributed by atoms with Crippen LogP contribution < -0.4 is 38.4 Å². The monoisotopic (exact) mass is 1770 g/mol. The second-order valence-corrected chi connectivity index (χ2v) is 28.9. The van der Waals surface area contributed by atoms with Crippen LogP contribution in [0.25, 0.3) is 121 Å². The maximum Gasteiger partial charge on any atom is 0.363 e. The van der Waals surface area contributed by atoms with Crippen LogP contribution in [0.5, 0.6) is 17.2 Å². The predicted molar refractivity (Wildman–Crippen MR) is 475 cm³/mol. The largest absolute Gasteiger partial charge is 0.508 e. The Morgan fingerprint density at radius 3 is 1.18 bits per heavy atom. The molecule has 0 radical (unpaired) electrons. The van der Waals surface area contributed by atoms with Gasteiger partial charge in [0.05, 0.1) is 22.3 Å². The number of hydrogen-bond acceptors (Lipinski definition) is 24. The lowest BCUT2D eigenvalue weighted by molar-refractivity contribution is -0.172. The van der Waals surface area contributed by atoms with Crippen LogP contribution in [0.15, 0.2) is 262 Å². The Balaban J connectivity index is 0.000000171. The second kappa shape index (κ2) is 42.4. The highest BCUT2D eigenvalue weighted by Gasteiger charge is 2.35. The molecule has 3 aliphatic carbocycles. The standard InChI is InChI=1S/C30H22N4O6.C26H17NO8.C25H15NO9.C9H12N4.C5H7NO2/c31-34-32-16-19(12-17-4-2-1-3-5-17)33-29(37)18-6-9-22(25(13-18)30(38)39)28-23-10-7-20(35)14-26(23)40-27-15-21(36)8-11-24(27)28;1-2-3-20(26(33)34)27-24(30)13-4-7-16(19(10-13)25(31)32)23-17-8-5-14(28)11-21(17)35-22-12-15(29)6-9-18(22)23;27-13-2-5-16-19(10-13)34-20-11-14(28)3-6-17(20)23(16)15-4-1-12(9-18(15)24(31)32)25(33)35-26-21(29)7-8-22(26)30;10-9(7-12-13-11)6-8-4-2-1-3-5-8;1-2-3-4(6)5(7)8/h1-11,13-15,19,35H,12,16H2,(H,33,37)(H,38,39);1,4-12,20,28H,3H2,(H,27,30)(H,31,32)(H,33,34);1-6,9-11,27H,7-8H2,(H,31,32);1-5,9H,6-7,10H2;1,4H,3,6H2,(H,7,8). The average molecular weight is 1770 g/mol. The Hall–Kier alpha value is -18.2. The number of benzene rings is 11. The van der Waals surface area contributed by atoms with Crippen LogP contribution in [-0.2, 0) is 36.9 Å². The quantitative estimate of drug-likeness (QED) is 0.00667. The molecule has 1 fully saturated rings. The van der Waals surface area contributed by atoms with E-state index in [9.17, 15) is 98.1 Å². The van der Waals surface area contributed by atoms with Gasteiger partial charge < -0.3 is 81.0 Å². The van der Waals surface area contributed by atoms with Crippen LogP contribution in [0, 0.1) is 24.7 Å². The van der Waals surface area contributed by atoms with Gasteiger partial charge in [-0.05, 0) is 161 Å². The summed E-state index contributed by atoms with van der Waals surface area (Å²) in [7, 11) is 0. The number of imide groups is 1. The smallest absolute Gasteiger partial charge is 0.363 e. The molecule has 15 rings (SSSR count). The lowest BCUT2D eigenvalue weighted by Gasteiger charge is -2.19. The molecule has 4 heterocycles. The maximum atomic E-state index is 13.2. The fraction of sp³-hybridized carbons (Fsp3) is 0.126. The third-order valence-corrected chi connectivity index (χ3v) is 19.9. The van der Waals surface area contributed by atoms with E-state index in [0.29, 0.717) is 73.1 Å². The van der Waals surface area contributed by atoms with Gasteiger partial charge in [0.2, 0.25) is 0 Å². The number of amides is 4. The zero-order chi connectivity index (χ0) is 94.4. The van der Waals surface area contributed by atoms with Crippen molar-refractivity contribution in [1.82, 2.24) is 15.7 Å². The number of rotatable bonds is 24. The molecule has 0 spiro atoms. The van der Waals surface area contributed by atoms with Gasteiger partial charge >= 0.3 is 35.8 Å². The highest BCUT2D eigenvalue weighted by atomic mass is 16.7. The first-order valence-corrected chi connectivity index (χ1v) is 39.1. The van der Waals surface area contributed by atoms with E-state index in [1.807, 2.05) is 60.7 Å². The highest BCUT2D eigenvalue weighted by Crippen LogP contribution is 2.46. The Morgan fingerprint density at radius 1 is 0.443 bits per heavy atom. The normalized spacial score (nSPS) is 12.2. The van der Waals surface area contributed by atoms with Crippen molar-refractivity contribution in [2.75, 3.05) is 13.1 Å². The number of terminal acetylenes is 2. The number of azide groups is 2. The minimum atomic E-state index is -1.36. The molecule has 36 nitrogen and oxygen atoms in total. The molecule has 1 saturated heterocycles. The number of carboxylic acid groups (broad SMARTS) is 5. The lowest BCUT2D eigenvalue weighted by atomic mass is 9.89. The number of aliphatic carboxylic acids is 2. The molecule has 658 valence electrons. The number of phenolic OH excluding ortho intramolecular Hbond substituents is 3. The molecular formula is C95H73N11O25. The van der Waals surface area contributed by atoms with Crippen molar-refractivity contribution < 1.29 is 107 Å². The average Bonchev–Trinajstić information content (AvgIpc) is 0.788. The molecule has 36 heteroatoms. The number of nitrogens with zero attached hydrogens (tertiary/aromatic N) is 7. The number of fused-ring (bicyclic) bond motifs is 6. The number of carbonyl (C=O) groups is 10. The summed E-state index contributed by atoms with van der Waals surface area (Å²) in [5.74, 6) is -5.40. The van der Waals surface area contributed by atoms with Gasteiger partial charge in [0.15, 0.2) is 16.3 Å². The van der Waals surface area contributed by atoms with Crippen LogP contribution >= 0.6 is 0 Å². The number of hydroxylamine groups is 2. The zero-order valence-corrected chi connectivity index (χ0v) is 68.3. The van der Waals surface area contributed by atoms with Gasteiger partial charge in [0, 0.05) is 158 Å². The Bertz CT molecular complexity index is 7110. The minimum Gasteiger partial charge on any atom is -0.508 e. The maximum absolute atomic E-state index is 13.2. The molecule has 8 aromatic carbocycles. The molecule has 0 saturated carbocycles. The molecule has 4 atom stereocenters. The fourth-order valence-corrected chi connectivity index (χ4v) is 13.8. The Morgan fingerprint density at radius 2 is 0.809 bits per heavy atom. The van der Waals surface area contributed by atoms with E-state index in [4.69, 9.17) is 58.6 Å². The lowest BCUT2D eigenvalue weighted by Crippen LogP contribution is -2.40. The first kappa shape index (κ1) is 93.5. The predicted octanol–water partition coefficient (Wildman–Crippen LogP) is 13.3. The van der Waals surface area contributed by atoms with Crippen LogP contribution in [0.3, 0.4) is 0 Å². The molecule has 0 bridgehead atoms. The number of nitrogens with two attached hydrogens (primary N) is 2. The third-order valence-electron chi connectivity index (χ3n) is 19.9. The molecule has 14 N–H and O–H groups in total. The van der Waals surface area contributed by atoms with Crippen molar-refractivity contribution in [2.24, 2.45) is 21.7 Å².